The van der Waals surface area contributed by atoms with Crippen LogP contribution in [0.3, 0.4) is 0 Å². The molecule has 0 spiro atoms. The Labute approximate surface area is 227 Å². The number of fused-ring (bicyclic) bond motifs is 1. The molecule has 1 unspecified atom stereocenters. The van der Waals surface area contributed by atoms with Gasteiger partial charge >= 0.3 is 5.97 Å². The van der Waals surface area contributed by atoms with Crippen molar-refractivity contribution in [3.05, 3.63) is 47.4 Å². The molecular weight excluding hydrogens is 480 g/mol. The van der Waals surface area contributed by atoms with Gasteiger partial charge in [0, 0.05) is 52.2 Å². The van der Waals surface area contributed by atoms with Crippen molar-refractivity contribution in [2.45, 2.75) is 78.9 Å². The predicted octanol–water partition coefficient (Wildman–Crippen LogP) is 5.27. The van der Waals surface area contributed by atoms with Crippen LogP contribution in [0.25, 0.3) is 16.6 Å². The highest BCUT2D eigenvalue weighted by Crippen LogP contribution is 2.26. The summed E-state index contributed by atoms with van der Waals surface area (Å²) in [6.45, 7) is 11.1. The van der Waals surface area contributed by atoms with Crippen LogP contribution >= 0.6 is 0 Å². The molecule has 0 saturated carbocycles. The molecule has 2 aromatic rings. The Hall–Kier alpha value is -2.97. The Bertz CT molecular complexity index is 1090. The number of carbonyl (C=O) groups is 2. The fourth-order valence-corrected chi connectivity index (χ4v) is 4.32. The van der Waals surface area contributed by atoms with E-state index < -0.39 is 12.0 Å². The van der Waals surface area contributed by atoms with Crippen molar-refractivity contribution in [1.82, 2.24) is 19.8 Å². The Morgan fingerprint density at radius 1 is 1.24 bits per heavy atom. The van der Waals surface area contributed by atoms with Crippen molar-refractivity contribution >= 4 is 28.9 Å². The van der Waals surface area contributed by atoms with Gasteiger partial charge in [0.25, 0.3) is 0 Å². The fraction of sp³-hybridized carbons (Fsp3) is 0.567. The molecule has 2 N–H and O–H groups in total. The Kier molecular flexibility index (Phi) is 13.2. The van der Waals surface area contributed by atoms with Crippen molar-refractivity contribution < 1.29 is 19.4 Å². The highest BCUT2D eigenvalue weighted by molar-refractivity contribution is 5.85. The molecule has 0 amide bonds. The smallest absolute Gasteiger partial charge is 0.320 e. The number of ether oxygens (including phenoxy) is 1. The highest BCUT2D eigenvalue weighted by atomic mass is 16.5. The lowest BCUT2D eigenvalue weighted by Crippen LogP contribution is -2.40. The molecular formula is C30H46N4O4. The summed E-state index contributed by atoms with van der Waals surface area (Å²) in [7, 11) is 3.90. The number of carboxylic acids is 1. The topological polar surface area (TPSA) is 96.7 Å². The predicted molar refractivity (Wildman–Crippen MR) is 154 cm³/mol. The summed E-state index contributed by atoms with van der Waals surface area (Å²) < 4.78 is 7.17. The van der Waals surface area contributed by atoms with E-state index >= 15 is 0 Å². The average Bonchev–Trinajstić information content (AvgIpc) is 3.55. The molecule has 8 nitrogen and oxygen atoms in total. The molecule has 0 radical (unpaired) electrons. The normalized spacial score (nSPS) is 14.9. The summed E-state index contributed by atoms with van der Waals surface area (Å²) in [5.41, 5.74) is 4.39. The monoisotopic (exact) mass is 526 g/mol. The van der Waals surface area contributed by atoms with Gasteiger partial charge in [-0.15, -0.1) is 0 Å². The molecule has 210 valence electrons. The number of carboxylic acid groups (broad SMARTS) is 1. The van der Waals surface area contributed by atoms with Crippen molar-refractivity contribution in [2.24, 2.45) is 5.92 Å². The first-order valence-electron chi connectivity index (χ1n) is 13.7. The van der Waals surface area contributed by atoms with Crippen molar-refractivity contribution in [1.29, 1.82) is 0 Å². The number of imidazole rings is 1. The number of nitrogens with zero attached hydrogens (tertiary/aromatic N) is 3. The Morgan fingerprint density at radius 2 is 1.95 bits per heavy atom. The summed E-state index contributed by atoms with van der Waals surface area (Å²) in [5, 5.41) is 12.6. The first kappa shape index (κ1) is 31.2. The first-order chi connectivity index (χ1) is 18.2. The molecule has 38 heavy (non-hydrogen) atoms. The lowest BCUT2D eigenvalue weighted by Gasteiger charge is -2.17. The third kappa shape index (κ3) is 9.72. The summed E-state index contributed by atoms with van der Waals surface area (Å²) in [6, 6.07) is 5.50. The van der Waals surface area contributed by atoms with E-state index in [1.165, 1.54) is 12.8 Å². The van der Waals surface area contributed by atoms with Crippen molar-refractivity contribution in [3.63, 3.8) is 0 Å². The van der Waals surface area contributed by atoms with E-state index in [4.69, 9.17) is 9.72 Å². The van der Waals surface area contributed by atoms with E-state index in [9.17, 15) is 14.7 Å². The van der Waals surface area contributed by atoms with Crippen LogP contribution in [0.1, 0.15) is 71.2 Å². The van der Waals surface area contributed by atoms with Crippen LogP contribution in [-0.2, 0) is 27.4 Å². The first-order valence-corrected chi connectivity index (χ1v) is 13.7. The number of nitrogens with one attached hydrogen (secondary N) is 1. The van der Waals surface area contributed by atoms with E-state index in [2.05, 4.69) is 22.9 Å². The minimum Gasteiger partial charge on any atom is -0.480 e. The number of carbonyl (C=O) groups excluding carboxylic acids is 1. The third-order valence-corrected chi connectivity index (χ3v) is 6.31. The number of aldehydes is 1. The van der Waals surface area contributed by atoms with Crippen LogP contribution < -0.4 is 5.32 Å². The van der Waals surface area contributed by atoms with Gasteiger partial charge in [-0.25, -0.2) is 4.98 Å². The van der Waals surface area contributed by atoms with Crippen LogP contribution in [-0.4, -0.2) is 65.2 Å². The quantitative estimate of drug-likeness (QED) is 0.159. The van der Waals surface area contributed by atoms with E-state index in [-0.39, 0.29) is 5.92 Å². The number of unbranched alkanes of at least 4 members (excludes halogenated alkanes) is 2. The van der Waals surface area contributed by atoms with Gasteiger partial charge in [0.2, 0.25) is 0 Å². The van der Waals surface area contributed by atoms with Gasteiger partial charge in [-0.1, -0.05) is 39.7 Å². The number of hydrogen-bond donors (Lipinski definition) is 2. The lowest BCUT2D eigenvalue weighted by atomic mass is 10.0. The molecule has 8 heteroatoms. The summed E-state index contributed by atoms with van der Waals surface area (Å²) >= 11 is 0. The van der Waals surface area contributed by atoms with Crippen LogP contribution in [0.4, 0.5) is 0 Å². The second kappa shape index (κ2) is 16.1. The van der Waals surface area contributed by atoms with Gasteiger partial charge in [0.15, 0.2) is 0 Å². The largest absolute Gasteiger partial charge is 0.480 e. The Balaban J connectivity index is 0.000000904. The van der Waals surface area contributed by atoms with Crippen molar-refractivity contribution in [2.75, 3.05) is 27.3 Å². The lowest BCUT2D eigenvalue weighted by molar-refractivity contribution is -0.140. The Morgan fingerprint density at radius 3 is 2.47 bits per heavy atom. The molecule has 1 aliphatic rings. The second-order valence-electron chi connectivity index (χ2n) is 10.4. The summed E-state index contributed by atoms with van der Waals surface area (Å²) in [4.78, 5) is 29.7. The fourth-order valence-electron chi connectivity index (χ4n) is 4.32. The molecule has 2 heterocycles. The molecule has 3 rings (SSSR count). The zero-order valence-corrected chi connectivity index (χ0v) is 24.0. The van der Waals surface area contributed by atoms with Gasteiger partial charge in [-0.05, 0) is 61.4 Å². The van der Waals surface area contributed by atoms with Crippen LogP contribution in [0, 0.1) is 5.92 Å². The number of hydrogen-bond acceptors (Lipinski definition) is 6. The summed E-state index contributed by atoms with van der Waals surface area (Å²) in [6.07, 6.45) is 10.6. The van der Waals surface area contributed by atoms with Crippen LogP contribution in [0.15, 0.2) is 36.0 Å². The minimum absolute atomic E-state index is 0.0119. The number of aromatic nitrogens is 2. The molecule has 1 aromatic heterocycles. The second-order valence-corrected chi connectivity index (χ2v) is 10.4. The zero-order valence-electron chi connectivity index (χ0n) is 24.0. The summed E-state index contributed by atoms with van der Waals surface area (Å²) in [5.74, 6) is -0.0294. The van der Waals surface area contributed by atoms with Gasteiger partial charge in [0.1, 0.15) is 18.2 Å². The van der Waals surface area contributed by atoms with E-state index in [1.54, 1.807) is 6.92 Å². The van der Waals surface area contributed by atoms with E-state index in [0.717, 1.165) is 73.3 Å². The maximum Gasteiger partial charge on any atom is 0.320 e. The molecule has 1 aliphatic heterocycles. The van der Waals surface area contributed by atoms with Crippen LogP contribution in [0.5, 0.6) is 0 Å². The number of benzene rings is 1. The number of aliphatic carboxylic acids is 1. The van der Waals surface area contributed by atoms with Gasteiger partial charge in [-0.2, -0.15) is 0 Å². The SMILES string of the molecule is C1CCOC1.CCCCCn1c(C(/C=C(/C)C=O)=C/N(C)C)nc2cc(CNC(C(=O)O)C(C)C)ccc21. The molecule has 0 bridgehead atoms. The number of aryl methyl sites for hydroxylation is 1. The highest BCUT2D eigenvalue weighted by Gasteiger charge is 2.21. The minimum atomic E-state index is -0.843. The molecule has 0 aliphatic carbocycles. The third-order valence-electron chi connectivity index (χ3n) is 6.31. The van der Waals surface area contributed by atoms with Crippen molar-refractivity contribution in [3.8, 4) is 0 Å². The number of allylic oxidation sites excluding steroid dienone is 3. The van der Waals surface area contributed by atoms with Gasteiger partial charge in [0.05, 0.1) is 11.0 Å². The maximum absolute atomic E-state index is 11.5. The molecule has 1 aromatic carbocycles. The van der Waals surface area contributed by atoms with E-state index in [1.807, 2.05) is 57.3 Å². The maximum atomic E-state index is 11.5. The zero-order chi connectivity index (χ0) is 28.1. The molecule has 1 fully saturated rings. The number of rotatable bonds is 13. The average molecular weight is 527 g/mol. The van der Waals surface area contributed by atoms with Crippen LogP contribution in [0.2, 0.25) is 0 Å². The molecule has 1 saturated heterocycles. The molecule has 1 atom stereocenters. The standard InChI is InChI=1S/C26H38N4O3.C4H8O/c1-7-8-9-12-30-23-11-10-20(15-27-24(18(2)3)26(32)33)14-22(23)28-25(30)21(16-29(5)6)13-19(4)17-31;1-2-4-5-3-1/h10-11,13-14,16-18,24,27H,7-9,12,15H2,1-6H3,(H,32,33);1-4H2/b19-13-,21-16+;. The van der Waals surface area contributed by atoms with Gasteiger partial charge in [-0.3, -0.25) is 9.59 Å². The van der Waals surface area contributed by atoms with E-state index in [0.29, 0.717) is 12.1 Å². The van der Waals surface area contributed by atoms with Gasteiger partial charge < -0.3 is 24.6 Å².